The number of likely N-dealkylation sites (tertiary alicyclic amines) is 1. The Morgan fingerprint density at radius 3 is 2.53 bits per heavy atom. The summed E-state index contributed by atoms with van der Waals surface area (Å²) in [6.07, 6.45) is 6.35. The van der Waals surface area contributed by atoms with E-state index in [1.165, 1.54) is 29.0 Å². The van der Waals surface area contributed by atoms with Gasteiger partial charge in [0.15, 0.2) is 5.82 Å². The quantitative estimate of drug-likeness (QED) is 0.298. The molecule has 1 N–H and O–H groups in total. The molecule has 5 heterocycles. The van der Waals surface area contributed by atoms with Gasteiger partial charge in [0.25, 0.3) is 11.5 Å². The van der Waals surface area contributed by atoms with E-state index in [2.05, 4.69) is 15.3 Å². The molecule has 0 bridgehead atoms. The van der Waals surface area contributed by atoms with Crippen LogP contribution >= 0.6 is 23.2 Å². The van der Waals surface area contributed by atoms with E-state index in [9.17, 15) is 9.59 Å². The van der Waals surface area contributed by atoms with E-state index in [1.807, 2.05) is 6.07 Å². The molecule has 1 aliphatic carbocycles. The first-order valence-corrected chi connectivity index (χ1v) is 14.9. The molecule has 1 spiro atoms. The minimum Gasteiger partial charge on any atom is -0.330 e. The van der Waals surface area contributed by atoms with E-state index in [-0.39, 0.29) is 44.9 Å². The Morgan fingerprint density at radius 2 is 1.86 bits per heavy atom. The number of aryl methyl sites for hydroxylation is 2. The van der Waals surface area contributed by atoms with Gasteiger partial charge in [-0.1, -0.05) is 29.3 Å². The van der Waals surface area contributed by atoms with Crippen LogP contribution in [0, 0.1) is 25.5 Å². The number of carbonyl (C=O) groups is 1. The van der Waals surface area contributed by atoms with Crippen molar-refractivity contribution in [1.82, 2.24) is 24.8 Å². The van der Waals surface area contributed by atoms with Gasteiger partial charge in [-0.25, -0.2) is 8.78 Å². The molecule has 2 aliphatic heterocycles. The molecule has 2 atom stereocenters. The summed E-state index contributed by atoms with van der Waals surface area (Å²) in [5, 5.41) is 3.70. The lowest BCUT2D eigenvalue weighted by molar-refractivity contribution is -0.0325. The summed E-state index contributed by atoms with van der Waals surface area (Å²) in [5.74, 6) is -2.04. The Kier molecular flexibility index (Phi) is 6.68. The van der Waals surface area contributed by atoms with Gasteiger partial charge in [0.2, 0.25) is 0 Å². The zero-order valence-electron chi connectivity index (χ0n) is 23.4. The number of hydrogen-bond donors (Lipinski definition) is 1. The van der Waals surface area contributed by atoms with Crippen LogP contribution < -0.4 is 10.9 Å². The molecule has 4 aromatic rings. The molecule has 1 aromatic carbocycles. The van der Waals surface area contributed by atoms with Crippen LogP contribution in [0.3, 0.4) is 0 Å². The van der Waals surface area contributed by atoms with Gasteiger partial charge in [-0.3, -0.25) is 24.1 Å². The summed E-state index contributed by atoms with van der Waals surface area (Å²) in [6.45, 7) is 5.22. The maximum atomic E-state index is 16.4. The zero-order valence-corrected chi connectivity index (χ0v) is 24.9. The highest BCUT2D eigenvalue weighted by atomic mass is 35.5. The molecule has 0 radical (unpaired) electrons. The molecule has 3 fully saturated rings. The number of aromatic nitrogens is 3. The van der Waals surface area contributed by atoms with E-state index in [1.54, 1.807) is 37.2 Å². The van der Waals surface area contributed by atoms with Crippen LogP contribution in [0.2, 0.25) is 10.0 Å². The first-order chi connectivity index (χ1) is 20.6. The fourth-order valence-corrected chi connectivity index (χ4v) is 6.97. The molecule has 3 aromatic heterocycles. The van der Waals surface area contributed by atoms with Crippen LogP contribution in [0.1, 0.15) is 57.4 Å². The lowest BCUT2D eigenvalue weighted by Gasteiger charge is -2.58. The van der Waals surface area contributed by atoms with Crippen LogP contribution in [0.15, 0.2) is 53.7 Å². The second kappa shape index (κ2) is 10.2. The number of hydrogen-bond acceptors (Lipinski definition) is 5. The Balaban J connectivity index is 1.26. The molecular weight excluding hydrogens is 595 g/mol. The average molecular weight is 623 g/mol. The highest BCUT2D eigenvalue weighted by Gasteiger charge is 2.52. The SMILES string of the molecule is Cc1cnc(-c2cccc(C(=O)N3CCC34CNC4)c2F)c(F)c1-n1c(C)cc([C@H]2C[C@@H]2c2cncc(Cl)c2)c(Cl)c1=O. The molecule has 2 saturated heterocycles. The maximum Gasteiger partial charge on any atom is 0.274 e. The Hall–Kier alpha value is -3.66. The molecule has 220 valence electrons. The lowest BCUT2D eigenvalue weighted by atomic mass is 9.78. The van der Waals surface area contributed by atoms with Crippen LogP contribution in [-0.2, 0) is 0 Å². The normalized spacial score (nSPS) is 20.1. The molecule has 7 nitrogen and oxygen atoms in total. The summed E-state index contributed by atoms with van der Waals surface area (Å²) < 4.78 is 33.5. The monoisotopic (exact) mass is 621 g/mol. The Bertz CT molecular complexity index is 1890. The van der Waals surface area contributed by atoms with Gasteiger partial charge in [0.1, 0.15) is 16.5 Å². The van der Waals surface area contributed by atoms with E-state index >= 15 is 8.78 Å². The predicted molar refractivity (Wildman–Crippen MR) is 160 cm³/mol. The summed E-state index contributed by atoms with van der Waals surface area (Å²) in [4.78, 5) is 37.0. The van der Waals surface area contributed by atoms with Crippen molar-refractivity contribution < 1.29 is 13.6 Å². The second-order valence-corrected chi connectivity index (χ2v) is 12.5. The van der Waals surface area contributed by atoms with Crippen LogP contribution in [0.4, 0.5) is 8.78 Å². The number of halogens is 4. The Labute approximate surface area is 256 Å². The summed E-state index contributed by atoms with van der Waals surface area (Å²) in [5.41, 5.74) is 0.994. The van der Waals surface area contributed by atoms with Gasteiger partial charge in [-0.2, -0.15) is 0 Å². The molecule has 43 heavy (non-hydrogen) atoms. The van der Waals surface area contributed by atoms with Gasteiger partial charge >= 0.3 is 0 Å². The van der Waals surface area contributed by atoms with Gasteiger partial charge in [0.05, 0.1) is 21.8 Å². The number of pyridine rings is 3. The van der Waals surface area contributed by atoms with Crippen molar-refractivity contribution in [2.45, 2.75) is 44.1 Å². The molecule has 7 rings (SSSR count). The number of benzene rings is 1. The first-order valence-electron chi connectivity index (χ1n) is 14.1. The van der Waals surface area contributed by atoms with E-state index in [0.717, 1.165) is 18.4 Å². The predicted octanol–water partition coefficient (Wildman–Crippen LogP) is 5.96. The van der Waals surface area contributed by atoms with Crippen molar-refractivity contribution >= 4 is 29.1 Å². The fourth-order valence-electron chi connectivity index (χ4n) is 6.51. The van der Waals surface area contributed by atoms with Gasteiger partial charge in [-0.05, 0) is 79.5 Å². The highest BCUT2D eigenvalue weighted by molar-refractivity contribution is 6.31. The summed E-state index contributed by atoms with van der Waals surface area (Å²) >= 11 is 12.8. The smallest absolute Gasteiger partial charge is 0.274 e. The third-order valence-electron chi connectivity index (χ3n) is 9.12. The number of nitrogens with zero attached hydrogens (tertiary/aromatic N) is 4. The van der Waals surface area contributed by atoms with Crippen molar-refractivity contribution in [3.63, 3.8) is 0 Å². The van der Waals surface area contributed by atoms with Crippen molar-refractivity contribution in [2.75, 3.05) is 19.6 Å². The molecular formula is C32H27Cl2F2N5O2. The summed E-state index contributed by atoms with van der Waals surface area (Å²) in [6, 6.07) is 7.96. The zero-order chi connectivity index (χ0) is 30.2. The van der Waals surface area contributed by atoms with Gasteiger partial charge in [0, 0.05) is 49.5 Å². The lowest BCUT2D eigenvalue weighted by Crippen LogP contribution is -2.77. The molecule has 0 unspecified atom stereocenters. The molecule has 1 saturated carbocycles. The maximum absolute atomic E-state index is 16.4. The minimum atomic E-state index is -0.879. The van der Waals surface area contributed by atoms with E-state index in [4.69, 9.17) is 23.2 Å². The van der Waals surface area contributed by atoms with E-state index in [0.29, 0.717) is 41.5 Å². The average Bonchev–Trinajstić information content (AvgIpc) is 3.72. The number of rotatable bonds is 5. The van der Waals surface area contributed by atoms with Crippen molar-refractivity contribution in [2.24, 2.45) is 0 Å². The minimum absolute atomic E-state index is 0.00187. The Morgan fingerprint density at radius 1 is 1.07 bits per heavy atom. The first kappa shape index (κ1) is 28.1. The topological polar surface area (TPSA) is 80.1 Å². The number of carbonyl (C=O) groups excluding carboxylic acids is 1. The number of amides is 1. The second-order valence-electron chi connectivity index (χ2n) is 11.7. The van der Waals surface area contributed by atoms with Gasteiger partial charge in [-0.15, -0.1) is 0 Å². The fraction of sp³-hybridized carbons (Fsp3) is 0.312. The van der Waals surface area contributed by atoms with Crippen LogP contribution in [-0.4, -0.2) is 50.5 Å². The van der Waals surface area contributed by atoms with Crippen LogP contribution in [0.25, 0.3) is 16.9 Å². The summed E-state index contributed by atoms with van der Waals surface area (Å²) in [7, 11) is 0. The number of nitrogens with one attached hydrogen (secondary N) is 1. The third kappa shape index (κ3) is 4.39. The molecule has 1 amide bonds. The molecule has 11 heteroatoms. The third-order valence-corrected chi connectivity index (χ3v) is 9.70. The van der Waals surface area contributed by atoms with Gasteiger partial charge < -0.3 is 10.2 Å². The molecule has 3 aliphatic rings. The van der Waals surface area contributed by atoms with Crippen molar-refractivity contribution in [3.8, 4) is 16.9 Å². The van der Waals surface area contributed by atoms with Crippen molar-refractivity contribution in [3.05, 3.63) is 109 Å². The van der Waals surface area contributed by atoms with Crippen molar-refractivity contribution in [1.29, 1.82) is 0 Å². The largest absolute Gasteiger partial charge is 0.330 e. The highest BCUT2D eigenvalue weighted by Crippen LogP contribution is 2.56. The standard InChI is InChI=1S/C32H27Cl2F2N5O2/c1-16-11-39-28(20-4-3-5-21(26(20)35)30(42)40-7-6-32(40)14-38-15-32)27(36)29(16)41-17(2)8-24(25(34)31(41)43)23-10-22(23)18-9-19(33)13-37-12-18/h3-5,8-9,11-13,22-23,38H,6-7,10,14-15H2,1-2H3/t22-,23+/m1/s1. The van der Waals surface area contributed by atoms with Crippen LogP contribution in [0.5, 0.6) is 0 Å². The van der Waals surface area contributed by atoms with E-state index < -0.39 is 23.1 Å².